The molecule has 1 fully saturated rings. The highest BCUT2D eigenvalue weighted by atomic mass is 35.5. The first kappa shape index (κ1) is 16.6. The van der Waals surface area contributed by atoms with Crippen molar-refractivity contribution in [2.24, 2.45) is 0 Å². The van der Waals surface area contributed by atoms with Crippen molar-refractivity contribution in [3.05, 3.63) is 29.3 Å². The molecule has 4 heteroatoms. The standard InChI is InChI=1S/C17H28ClN3/c1-4-16(13-19-14(2)3)20-8-10-21(11-9-20)17-7-5-6-15(18)12-17/h5-7,12,14,16,19H,4,8-11,13H2,1-3H3. The molecule has 1 aliphatic rings. The molecule has 1 saturated heterocycles. The number of rotatable bonds is 6. The van der Waals surface area contributed by atoms with Gasteiger partial charge in [0.2, 0.25) is 0 Å². The van der Waals surface area contributed by atoms with E-state index in [9.17, 15) is 0 Å². The van der Waals surface area contributed by atoms with E-state index in [0.717, 1.165) is 37.7 Å². The van der Waals surface area contributed by atoms with Crippen LogP contribution in [-0.2, 0) is 0 Å². The van der Waals surface area contributed by atoms with E-state index in [1.807, 2.05) is 12.1 Å². The van der Waals surface area contributed by atoms with Crippen LogP contribution in [0, 0.1) is 0 Å². The first-order valence-electron chi connectivity index (χ1n) is 8.08. The highest BCUT2D eigenvalue weighted by Gasteiger charge is 2.22. The van der Waals surface area contributed by atoms with Gasteiger partial charge in [0.25, 0.3) is 0 Å². The Hall–Kier alpha value is -0.770. The Bertz CT molecular complexity index is 428. The minimum atomic E-state index is 0.562. The predicted octanol–water partition coefficient (Wildman–Crippen LogP) is 3.24. The van der Waals surface area contributed by atoms with Gasteiger partial charge in [-0.1, -0.05) is 38.4 Å². The maximum absolute atomic E-state index is 6.09. The van der Waals surface area contributed by atoms with Crippen LogP contribution in [0.3, 0.4) is 0 Å². The van der Waals surface area contributed by atoms with Gasteiger partial charge in [0.05, 0.1) is 0 Å². The smallest absolute Gasteiger partial charge is 0.0426 e. The van der Waals surface area contributed by atoms with Crippen LogP contribution < -0.4 is 10.2 Å². The summed E-state index contributed by atoms with van der Waals surface area (Å²) in [6.45, 7) is 12.2. The van der Waals surface area contributed by atoms with Crippen LogP contribution in [0.25, 0.3) is 0 Å². The van der Waals surface area contributed by atoms with E-state index < -0.39 is 0 Å². The van der Waals surface area contributed by atoms with Crippen LogP contribution in [0.4, 0.5) is 5.69 Å². The molecule has 0 radical (unpaired) electrons. The zero-order chi connectivity index (χ0) is 15.2. The van der Waals surface area contributed by atoms with Crippen LogP contribution in [0.15, 0.2) is 24.3 Å². The fourth-order valence-corrected chi connectivity index (χ4v) is 3.11. The second kappa shape index (κ2) is 8.02. The molecule has 1 heterocycles. The Kier molecular flexibility index (Phi) is 6.34. The molecule has 21 heavy (non-hydrogen) atoms. The number of nitrogens with one attached hydrogen (secondary N) is 1. The Morgan fingerprint density at radius 1 is 1.19 bits per heavy atom. The molecule has 118 valence electrons. The van der Waals surface area contributed by atoms with Gasteiger partial charge in [-0.3, -0.25) is 4.90 Å². The molecule has 3 nitrogen and oxygen atoms in total. The highest BCUT2D eigenvalue weighted by Crippen LogP contribution is 2.21. The molecule has 1 atom stereocenters. The summed E-state index contributed by atoms with van der Waals surface area (Å²) in [5.74, 6) is 0. The minimum Gasteiger partial charge on any atom is -0.369 e. The third kappa shape index (κ3) is 4.87. The van der Waals surface area contributed by atoms with E-state index in [0.29, 0.717) is 12.1 Å². The molecule has 1 aliphatic heterocycles. The van der Waals surface area contributed by atoms with Crippen molar-refractivity contribution < 1.29 is 0 Å². The molecule has 0 amide bonds. The molecule has 1 N–H and O–H groups in total. The van der Waals surface area contributed by atoms with E-state index in [-0.39, 0.29) is 0 Å². The van der Waals surface area contributed by atoms with Gasteiger partial charge in [-0.05, 0) is 24.6 Å². The normalized spacial score (nSPS) is 18.2. The van der Waals surface area contributed by atoms with Crippen LogP contribution in [0.2, 0.25) is 5.02 Å². The largest absolute Gasteiger partial charge is 0.369 e. The molecule has 1 unspecified atom stereocenters. The summed E-state index contributed by atoms with van der Waals surface area (Å²) < 4.78 is 0. The van der Waals surface area contributed by atoms with Crippen LogP contribution in [-0.4, -0.2) is 49.7 Å². The number of piperazine rings is 1. The van der Waals surface area contributed by atoms with Gasteiger partial charge >= 0.3 is 0 Å². The lowest BCUT2D eigenvalue weighted by molar-refractivity contribution is 0.174. The summed E-state index contributed by atoms with van der Waals surface area (Å²) in [5, 5.41) is 4.39. The predicted molar refractivity (Wildman–Crippen MR) is 92.5 cm³/mol. The first-order valence-corrected chi connectivity index (χ1v) is 8.46. The topological polar surface area (TPSA) is 18.5 Å². The maximum atomic E-state index is 6.09. The van der Waals surface area contributed by atoms with E-state index in [1.54, 1.807) is 0 Å². The molecular formula is C17H28ClN3. The summed E-state index contributed by atoms with van der Waals surface area (Å²) in [7, 11) is 0. The van der Waals surface area contributed by atoms with E-state index >= 15 is 0 Å². The summed E-state index contributed by atoms with van der Waals surface area (Å²) in [6.07, 6.45) is 1.21. The maximum Gasteiger partial charge on any atom is 0.0426 e. The van der Waals surface area contributed by atoms with Gasteiger partial charge in [0.15, 0.2) is 0 Å². The van der Waals surface area contributed by atoms with Gasteiger partial charge in [0.1, 0.15) is 0 Å². The zero-order valence-corrected chi connectivity index (χ0v) is 14.2. The van der Waals surface area contributed by atoms with Crippen molar-refractivity contribution in [1.29, 1.82) is 0 Å². The number of hydrogen-bond acceptors (Lipinski definition) is 3. The zero-order valence-electron chi connectivity index (χ0n) is 13.5. The molecule has 0 aromatic heterocycles. The summed E-state index contributed by atoms with van der Waals surface area (Å²) >= 11 is 6.09. The van der Waals surface area contributed by atoms with Crippen molar-refractivity contribution in [3.8, 4) is 0 Å². The van der Waals surface area contributed by atoms with Gasteiger partial charge in [-0.25, -0.2) is 0 Å². The van der Waals surface area contributed by atoms with Crippen molar-refractivity contribution >= 4 is 17.3 Å². The molecule has 2 rings (SSSR count). The number of benzene rings is 1. The first-order chi connectivity index (χ1) is 10.1. The number of nitrogens with zero attached hydrogens (tertiary/aromatic N) is 2. The lowest BCUT2D eigenvalue weighted by Gasteiger charge is -2.40. The Morgan fingerprint density at radius 3 is 2.48 bits per heavy atom. The monoisotopic (exact) mass is 309 g/mol. The second-order valence-corrected chi connectivity index (χ2v) is 6.56. The summed E-state index contributed by atoms with van der Waals surface area (Å²) in [5.41, 5.74) is 1.25. The van der Waals surface area contributed by atoms with Crippen molar-refractivity contribution in [1.82, 2.24) is 10.2 Å². The molecule has 0 bridgehead atoms. The molecule has 0 spiro atoms. The lowest BCUT2D eigenvalue weighted by Crippen LogP contribution is -2.53. The minimum absolute atomic E-state index is 0.562. The number of halogens is 1. The molecule has 0 aliphatic carbocycles. The van der Waals surface area contributed by atoms with Crippen LogP contribution in [0.1, 0.15) is 27.2 Å². The molecule has 0 saturated carbocycles. The number of hydrogen-bond donors (Lipinski definition) is 1. The second-order valence-electron chi connectivity index (χ2n) is 6.13. The fraction of sp³-hybridized carbons (Fsp3) is 0.647. The SMILES string of the molecule is CCC(CNC(C)C)N1CCN(c2cccc(Cl)c2)CC1. The van der Waals surface area contributed by atoms with Crippen molar-refractivity contribution in [2.75, 3.05) is 37.6 Å². The van der Waals surface area contributed by atoms with Gasteiger partial charge in [-0.15, -0.1) is 0 Å². The lowest BCUT2D eigenvalue weighted by atomic mass is 10.1. The van der Waals surface area contributed by atoms with Gasteiger partial charge in [0, 0.05) is 55.5 Å². The van der Waals surface area contributed by atoms with E-state index in [4.69, 9.17) is 11.6 Å². The summed E-state index contributed by atoms with van der Waals surface area (Å²) in [6, 6.07) is 9.39. The third-order valence-corrected chi connectivity index (χ3v) is 4.47. The molecule has 1 aromatic carbocycles. The van der Waals surface area contributed by atoms with E-state index in [1.165, 1.54) is 12.1 Å². The average Bonchev–Trinajstić information content (AvgIpc) is 2.48. The van der Waals surface area contributed by atoms with Crippen LogP contribution in [0.5, 0.6) is 0 Å². The highest BCUT2D eigenvalue weighted by molar-refractivity contribution is 6.30. The van der Waals surface area contributed by atoms with Crippen molar-refractivity contribution in [3.63, 3.8) is 0 Å². The van der Waals surface area contributed by atoms with Gasteiger partial charge < -0.3 is 10.2 Å². The Labute approximate surface area is 134 Å². The fourth-order valence-electron chi connectivity index (χ4n) is 2.92. The third-order valence-electron chi connectivity index (χ3n) is 4.24. The average molecular weight is 310 g/mol. The molecule has 1 aromatic rings. The summed E-state index contributed by atoms with van der Waals surface area (Å²) in [4.78, 5) is 5.06. The molecular weight excluding hydrogens is 282 g/mol. The van der Waals surface area contributed by atoms with Gasteiger partial charge in [-0.2, -0.15) is 0 Å². The Balaban J connectivity index is 1.87. The van der Waals surface area contributed by atoms with Crippen molar-refractivity contribution in [2.45, 2.75) is 39.3 Å². The number of anilines is 1. The quantitative estimate of drug-likeness (QED) is 0.870. The van der Waals surface area contributed by atoms with Crippen LogP contribution >= 0.6 is 11.6 Å². The Morgan fingerprint density at radius 2 is 1.90 bits per heavy atom. The van der Waals surface area contributed by atoms with E-state index in [2.05, 4.69) is 48.0 Å².